The molecular weight excluding hydrogens is 214 g/mol. The lowest BCUT2D eigenvalue weighted by atomic mass is 9.97. The van der Waals surface area contributed by atoms with Crippen LogP contribution in [0.4, 0.5) is 0 Å². The van der Waals surface area contributed by atoms with Crippen molar-refractivity contribution in [3.63, 3.8) is 0 Å². The zero-order valence-electron chi connectivity index (χ0n) is 11.0. The Bertz CT molecular complexity index is 251. The average molecular weight is 239 g/mol. The lowest BCUT2D eigenvalue weighted by Gasteiger charge is -2.18. The Balaban J connectivity index is 2.35. The minimum absolute atomic E-state index is 0.0678. The standard InChI is InChI=1S/C14H25NO2/c1-12(16)15-13-8-4-2-3-5-10-14(17)11-7-6-9-13/h13H,2-11H2,1H3,(H,15,16). The summed E-state index contributed by atoms with van der Waals surface area (Å²) >= 11 is 0. The van der Waals surface area contributed by atoms with Gasteiger partial charge in [-0.3, -0.25) is 9.59 Å². The van der Waals surface area contributed by atoms with E-state index in [-0.39, 0.29) is 5.91 Å². The number of nitrogens with one attached hydrogen (secondary N) is 1. The number of carbonyl (C=O) groups excluding carboxylic acids is 2. The van der Waals surface area contributed by atoms with Crippen molar-refractivity contribution in [1.29, 1.82) is 0 Å². The Labute approximate surface area is 104 Å². The molecule has 0 heterocycles. The predicted octanol–water partition coefficient (Wildman–Crippen LogP) is 2.97. The van der Waals surface area contributed by atoms with Crippen molar-refractivity contribution in [3.05, 3.63) is 0 Å². The van der Waals surface area contributed by atoms with Gasteiger partial charge in [0.05, 0.1) is 0 Å². The van der Waals surface area contributed by atoms with E-state index in [2.05, 4.69) is 5.32 Å². The van der Waals surface area contributed by atoms with Crippen LogP contribution in [0.15, 0.2) is 0 Å². The van der Waals surface area contributed by atoms with Gasteiger partial charge in [-0.2, -0.15) is 0 Å². The quantitative estimate of drug-likeness (QED) is 0.764. The normalized spacial score (nSPS) is 24.5. The maximum Gasteiger partial charge on any atom is 0.217 e. The number of rotatable bonds is 1. The molecule has 0 aliphatic heterocycles. The van der Waals surface area contributed by atoms with Crippen LogP contribution in [-0.2, 0) is 9.59 Å². The number of ketones is 1. The fourth-order valence-electron chi connectivity index (χ4n) is 2.48. The van der Waals surface area contributed by atoms with E-state index in [9.17, 15) is 9.59 Å². The van der Waals surface area contributed by atoms with E-state index in [1.807, 2.05) is 0 Å². The highest BCUT2D eigenvalue weighted by Gasteiger charge is 2.11. The SMILES string of the molecule is CC(=O)NC1CCCCCCC(=O)CCCC1. The highest BCUT2D eigenvalue weighted by molar-refractivity contribution is 5.78. The average Bonchev–Trinajstić information content (AvgIpc) is 2.25. The molecule has 98 valence electrons. The summed E-state index contributed by atoms with van der Waals surface area (Å²) < 4.78 is 0. The Morgan fingerprint density at radius 2 is 1.53 bits per heavy atom. The second-order valence-corrected chi connectivity index (χ2v) is 5.13. The molecule has 1 N–H and O–H groups in total. The Morgan fingerprint density at radius 3 is 2.18 bits per heavy atom. The van der Waals surface area contributed by atoms with E-state index < -0.39 is 0 Å². The zero-order valence-corrected chi connectivity index (χ0v) is 11.0. The van der Waals surface area contributed by atoms with Crippen molar-refractivity contribution in [2.75, 3.05) is 0 Å². The first-order valence-electron chi connectivity index (χ1n) is 6.97. The second-order valence-electron chi connectivity index (χ2n) is 5.13. The smallest absolute Gasteiger partial charge is 0.217 e. The molecule has 1 fully saturated rings. The van der Waals surface area contributed by atoms with Gasteiger partial charge in [0.25, 0.3) is 0 Å². The van der Waals surface area contributed by atoms with E-state index >= 15 is 0 Å². The molecule has 0 saturated heterocycles. The van der Waals surface area contributed by atoms with Gasteiger partial charge in [0.15, 0.2) is 0 Å². The molecule has 1 atom stereocenters. The summed E-state index contributed by atoms with van der Waals surface area (Å²) in [4.78, 5) is 22.6. The molecule has 1 aliphatic carbocycles. The first-order valence-corrected chi connectivity index (χ1v) is 6.97. The summed E-state index contributed by atoms with van der Waals surface area (Å²) in [5.41, 5.74) is 0. The van der Waals surface area contributed by atoms with Gasteiger partial charge in [-0.15, -0.1) is 0 Å². The molecule has 1 aliphatic rings. The Morgan fingerprint density at radius 1 is 1.00 bits per heavy atom. The van der Waals surface area contributed by atoms with Gasteiger partial charge in [0.2, 0.25) is 5.91 Å². The van der Waals surface area contributed by atoms with Gasteiger partial charge < -0.3 is 5.32 Å². The summed E-state index contributed by atoms with van der Waals surface area (Å²) in [7, 11) is 0. The zero-order chi connectivity index (χ0) is 12.5. The fraction of sp³-hybridized carbons (Fsp3) is 0.857. The molecule has 0 radical (unpaired) electrons. The first kappa shape index (κ1) is 14.2. The molecule has 0 bridgehead atoms. The van der Waals surface area contributed by atoms with Crippen LogP contribution in [0.1, 0.15) is 71.1 Å². The molecule has 3 heteroatoms. The van der Waals surface area contributed by atoms with Gasteiger partial charge >= 0.3 is 0 Å². The van der Waals surface area contributed by atoms with Crippen LogP contribution in [0.5, 0.6) is 0 Å². The molecule has 0 aromatic heterocycles. The second kappa shape index (κ2) is 8.26. The number of hydrogen-bond donors (Lipinski definition) is 1. The summed E-state index contributed by atoms with van der Waals surface area (Å²) in [6.07, 6.45) is 10.2. The summed E-state index contributed by atoms with van der Waals surface area (Å²) in [6.45, 7) is 1.58. The third-order valence-corrected chi connectivity index (χ3v) is 3.42. The monoisotopic (exact) mass is 239 g/mol. The maximum absolute atomic E-state index is 11.5. The minimum Gasteiger partial charge on any atom is -0.354 e. The van der Waals surface area contributed by atoms with Crippen molar-refractivity contribution < 1.29 is 9.59 Å². The minimum atomic E-state index is 0.0678. The number of amides is 1. The molecule has 3 nitrogen and oxygen atoms in total. The van der Waals surface area contributed by atoms with Crippen LogP contribution in [0.25, 0.3) is 0 Å². The fourth-order valence-corrected chi connectivity index (χ4v) is 2.48. The number of Topliss-reactive ketones (excluding diaryl/α,β-unsaturated/α-hetero) is 1. The van der Waals surface area contributed by atoms with Crippen molar-refractivity contribution in [3.8, 4) is 0 Å². The van der Waals surface area contributed by atoms with Crippen molar-refractivity contribution in [2.24, 2.45) is 0 Å². The van der Waals surface area contributed by atoms with Crippen LogP contribution in [0.3, 0.4) is 0 Å². The van der Waals surface area contributed by atoms with E-state index in [1.165, 1.54) is 12.8 Å². The van der Waals surface area contributed by atoms with Crippen molar-refractivity contribution in [2.45, 2.75) is 77.2 Å². The van der Waals surface area contributed by atoms with Gasteiger partial charge in [0, 0.05) is 25.8 Å². The molecule has 0 spiro atoms. The molecule has 1 amide bonds. The lowest BCUT2D eigenvalue weighted by molar-refractivity contribution is -0.120. The van der Waals surface area contributed by atoms with Crippen LogP contribution < -0.4 is 5.32 Å². The number of hydrogen-bond acceptors (Lipinski definition) is 2. The molecule has 1 rings (SSSR count). The van der Waals surface area contributed by atoms with E-state index in [4.69, 9.17) is 0 Å². The van der Waals surface area contributed by atoms with E-state index in [1.54, 1.807) is 6.92 Å². The summed E-state index contributed by atoms with van der Waals surface area (Å²) in [5.74, 6) is 0.486. The molecule has 17 heavy (non-hydrogen) atoms. The van der Waals surface area contributed by atoms with Crippen LogP contribution in [0.2, 0.25) is 0 Å². The van der Waals surface area contributed by atoms with Crippen molar-refractivity contribution >= 4 is 11.7 Å². The van der Waals surface area contributed by atoms with Crippen LogP contribution in [-0.4, -0.2) is 17.7 Å². The largest absolute Gasteiger partial charge is 0.354 e. The molecule has 1 saturated carbocycles. The molecule has 0 aromatic rings. The molecular formula is C14H25NO2. The third kappa shape index (κ3) is 7.14. The highest BCUT2D eigenvalue weighted by Crippen LogP contribution is 2.15. The topological polar surface area (TPSA) is 46.2 Å². The van der Waals surface area contributed by atoms with Crippen molar-refractivity contribution in [1.82, 2.24) is 5.32 Å². The maximum atomic E-state index is 11.5. The summed E-state index contributed by atoms with van der Waals surface area (Å²) in [5, 5.41) is 3.02. The Hall–Kier alpha value is -0.860. The third-order valence-electron chi connectivity index (χ3n) is 3.42. The van der Waals surface area contributed by atoms with Gasteiger partial charge in [-0.05, 0) is 25.7 Å². The van der Waals surface area contributed by atoms with E-state index in [0.29, 0.717) is 11.8 Å². The predicted molar refractivity (Wildman–Crippen MR) is 68.8 cm³/mol. The number of carbonyl (C=O) groups is 2. The Kier molecular flexibility index (Phi) is 6.90. The lowest BCUT2D eigenvalue weighted by Crippen LogP contribution is -2.33. The summed E-state index contributed by atoms with van der Waals surface area (Å²) in [6, 6.07) is 0.321. The first-order chi connectivity index (χ1) is 8.18. The highest BCUT2D eigenvalue weighted by atomic mass is 16.1. The van der Waals surface area contributed by atoms with Crippen LogP contribution in [0, 0.1) is 0 Å². The molecule has 1 unspecified atom stereocenters. The van der Waals surface area contributed by atoms with Gasteiger partial charge in [-0.1, -0.05) is 25.7 Å². The van der Waals surface area contributed by atoms with E-state index in [0.717, 1.165) is 51.4 Å². The van der Waals surface area contributed by atoms with Gasteiger partial charge in [0.1, 0.15) is 5.78 Å². The van der Waals surface area contributed by atoms with Gasteiger partial charge in [-0.25, -0.2) is 0 Å². The molecule has 0 aromatic carbocycles. The van der Waals surface area contributed by atoms with Crippen LogP contribution >= 0.6 is 0 Å².